The first-order chi connectivity index (χ1) is 7.99. The molecule has 1 saturated heterocycles. The lowest BCUT2D eigenvalue weighted by atomic mass is 9.92. The number of thioether (sulfide) groups is 2. The highest BCUT2D eigenvalue weighted by atomic mass is 32.2. The molecule has 1 amide bonds. The minimum Gasteiger partial charge on any atom is -0.477 e. The fourth-order valence-corrected chi connectivity index (χ4v) is 4.81. The lowest BCUT2D eigenvalue weighted by Crippen LogP contribution is -2.60. The largest absolute Gasteiger partial charge is 0.477 e. The summed E-state index contributed by atoms with van der Waals surface area (Å²) in [4.78, 5) is 24.2. The molecule has 0 aromatic rings. The Morgan fingerprint density at radius 1 is 1.65 bits per heavy atom. The Morgan fingerprint density at radius 2 is 2.29 bits per heavy atom. The van der Waals surface area contributed by atoms with Crippen LogP contribution in [-0.2, 0) is 9.59 Å². The maximum absolute atomic E-state index is 11.8. The van der Waals surface area contributed by atoms with Gasteiger partial charge in [0.05, 0.1) is 16.3 Å². The maximum Gasteiger partial charge on any atom is 0.354 e. The number of hydrogen-bond acceptors (Lipinski definition) is 5. The van der Waals surface area contributed by atoms with Crippen molar-refractivity contribution in [3.63, 3.8) is 0 Å². The quantitative estimate of drug-likeness (QED) is 0.742. The Labute approximate surface area is 107 Å². The van der Waals surface area contributed by atoms with Crippen LogP contribution < -0.4 is 0 Å². The van der Waals surface area contributed by atoms with E-state index in [1.807, 2.05) is 6.92 Å². The van der Waals surface area contributed by atoms with Gasteiger partial charge in [-0.3, -0.25) is 9.69 Å². The van der Waals surface area contributed by atoms with Gasteiger partial charge in [0.25, 0.3) is 0 Å². The van der Waals surface area contributed by atoms with Crippen molar-refractivity contribution in [2.24, 2.45) is 5.92 Å². The molecule has 0 aromatic carbocycles. The van der Waals surface area contributed by atoms with E-state index in [4.69, 9.17) is 5.11 Å². The molecule has 0 aliphatic carbocycles. The van der Waals surface area contributed by atoms with Crippen LogP contribution in [0.1, 0.15) is 13.8 Å². The van der Waals surface area contributed by atoms with Gasteiger partial charge in [0.1, 0.15) is 5.37 Å². The third-order valence-corrected chi connectivity index (χ3v) is 5.28. The second-order valence-corrected chi connectivity index (χ2v) is 6.52. The summed E-state index contributed by atoms with van der Waals surface area (Å²) < 4.78 is 0.668. The zero-order valence-electron chi connectivity index (χ0n) is 9.41. The third-order valence-electron chi connectivity index (χ3n) is 2.74. The molecule has 5 nitrogen and oxygen atoms in total. The van der Waals surface area contributed by atoms with E-state index in [-0.39, 0.29) is 17.0 Å². The smallest absolute Gasteiger partial charge is 0.354 e. The number of carboxylic acids is 1. The number of carbonyl (C=O) groups excluding carboxylic acids is 1. The van der Waals surface area contributed by atoms with Crippen molar-refractivity contribution in [2.45, 2.75) is 25.3 Å². The van der Waals surface area contributed by atoms with Gasteiger partial charge in [-0.1, -0.05) is 18.7 Å². The van der Waals surface area contributed by atoms with Crippen LogP contribution in [0.15, 0.2) is 9.93 Å². The van der Waals surface area contributed by atoms with Crippen LogP contribution >= 0.6 is 23.5 Å². The van der Waals surface area contributed by atoms with Crippen LogP contribution in [0.25, 0.3) is 0 Å². The number of amides is 1. The van der Waals surface area contributed by atoms with Crippen LogP contribution in [0, 0.1) is 5.92 Å². The van der Waals surface area contributed by atoms with Gasteiger partial charge in [0.2, 0.25) is 5.91 Å². The van der Waals surface area contributed by atoms with E-state index in [0.717, 1.165) is 5.75 Å². The Kier molecular flexibility index (Phi) is 3.42. The van der Waals surface area contributed by atoms with E-state index >= 15 is 0 Å². The van der Waals surface area contributed by atoms with Gasteiger partial charge in [-0.15, -0.1) is 11.8 Å². The average Bonchev–Trinajstić information content (AvgIpc) is 2.53. The summed E-state index contributed by atoms with van der Waals surface area (Å²) in [6.07, 6.45) is -0.739. The Hall–Kier alpha value is -0.660. The summed E-state index contributed by atoms with van der Waals surface area (Å²) in [6.45, 7) is 3.49. The lowest BCUT2D eigenvalue weighted by Gasteiger charge is -2.43. The van der Waals surface area contributed by atoms with E-state index in [1.165, 1.54) is 28.4 Å². The SMILES string of the molecule is CCSC1=C(C(=O)O)N2C(=O)C(C(C)O)[C@H]2S1. The zero-order valence-corrected chi connectivity index (χ0v) is 11.0. The summed E-state index contributed by atoms with van der Waals surface area (Å²) in [7, 11) is 0. The van der Waals surface area contributed by atoms with E-state index in [0.29, 0.717) is 4.24 Å². The molecule has 17 heavy (non-hydrogen) atoms. The average molecular weight is 275 g/mol. The van der Waals surface area contributed by atoms with Crippen LogP contribution in [-0.4, -0.2) is 44.2 Å². The molecule has 0 saturated carbocycles. The lowest BCUT2D eigenvalue weighted by molar-refractivity contribution is -0.156. The monoisotopic (exact) mass is 275 g/mol. The van der Waals surface area contributed by atoms with Gasteiger partial charge in [0, 0.05) is 0 Å². The van der Waals surface area contributed by atoms with Crippen molar-refractivity contribution in [3.05, 3.63) is 9.93 Å². The summed E-state index contributed by atoms with van der Waals surface area (Å²) in [5, 5.41) is 18.4. The molecule has 7 heteroatoms. The van der Waals surface area contributed by atoms with Crippen molar-refractivity contribution in [2.75, 3.05) is 5.75 Å². The predicted molar refractivity (Wildman–Crippen MR) is 66.2 cm³/mol. The number of hydrogen-bond donors (Lipinski definition) is 2. The van der Waals surface area contributed by atoms with Gasteiger partial charge in [0.15, 0.2) is 5.70 Å². The normalized spacial score (nSPS) is 29.1. The van der Waals surface area contributed by atoms with Crippen LogP contribution in [0.3, 0.4) is 0 Å². The number of aliphatic carboxylic acids is 1. The molecule has 0 spiro atoms. The summed E-state index contributed by atoms with van der Waals surface area (Å²) in [6, 6.07) is 0. The first kappa shape index (κ1) is 12.8. The molecule has 2 rings (SSSR count). The molecule has 3 atom stereocenters. The molecule has 2 aliphatic rings. The molecule has 0 aromatic heterocycles. The number of aliphatic hydroxyl groups is 1. The fourth-order valence-electron chi connectivity index (χ4n) is 1.98. The predicted octanol–water partition coefficient (Wildman–Crippen LogP) is 0.905. The van der Waals surface area contributed by atoms with Gasteiger partial charge in [-0.05, 0) is 12.7 Å². The molecule has 2 heterocycles. The highest BCUT2D eigenvalue weighted by Gasteiger charge is 2.57. The van der Waals surface area contributed by atoms with Gasteiger partial charge in [-0.25, -0.2) is 4.79 Å². The van der Waals surface area contributed by atoms with E-state index in [9.17, 15) is 14.7 Å². The minimum atomic E-state index is -1.08. The van der Waals surface area contributed by atoms with Crippen molar-refractivity contribution in [1.29, 1.82) is 0 Å². The number of carbonyl (C=O) groups is 2. The molecule has 1 fully saturated rings. The van der Waals surface area contributed by atoms with Crippen molar-refractivity contribution < 1.29 is 19.8 Å². The van der Waals surface area contributed by atoms with E-state index in [1.54, 1.807) is 6.92 Å². The zero-order chi connectivity index (χ0) is 12.7. The summed E-state index contributed by atoms with van der Waals surface area (Å²) in [5.74, 6) is -1.09. The standard InChI is InChI=1S/C10H13NO4S2/c1-3-16-10-6(9(14)15)11-7(13)5(4(2)12)8(11)17-10/h4-5,8,12H,3H2,1-2H3,(H,14,15)/t4?,5?,8-/m1/s1. The molecular formula is C10H13NO4S2. The molecular weight excluding hydrogens is 262 g/mol. The molecule has 2 unspecified atom stereocenters. The Bertz CT molecular complexity index is 407. The third kappa shape index (κ3) is 1.86. The van der Waals surface area contributed by atoms with E-state index in [2.05, 4.69) is 0 Å². The van der Waals surface area contributed by atoms with Crippen LogP contribution in [0.2, 0.25) is 0 Å². The topological polar surface area (TPSA) is 77.8 Å². The molecule has 0 radical (unpaired) electrons. The van der Waals surface area contributed by atoms with Gasteiger partial charge >= 0.3 is 5.97 Å². The van der Waals surface area contributed by atoms with Crippen molar-refractivity contribution in [1.82, 2.24) is 4.90 Å². The number of aliphatic hydroxyl groups excluding tert-OH is 1. The van der Waals surface area contributed by atoms with Crippen LogP contribution in [0.5, 0.6) is 0 Å². The highest BCUT2D eigenvalue weighted by Crippen LogP contribution is 2.53. The van der Waals surface area contributed by atoms with E-state index < -0.39 is 18.0 Å². The first-order valence-electron chi connectivity index (χ1n) is 5.27. The van der Waals surface area contributed by atoms with Crippen molar-refractivity contribution >= 4 is 35.4 Å². The number of carboxylic acid groups (broad SMARTS) is 1. The van der Waals surface area contributed by atoms with Crippen molar-refractivity contribution in [3.8, 4) is 0 Å². The summed E-state index contributed by atoms with van der Waals surface area (Å²) >= 11 is 2.79. The second-order valence-electron chi connectivity index (χ2n) is 3.86. The number of β-lactam (4-membered cyclic amide) rings is 1. The molecule has 2 N–H and O–H groups in total. The minimum absolute atomic E-state index is 0.0775. The highest BCUT2D eigenvalue weighted by molar-refractivity contribution is 8.22. The number of rotatable bonds is 4. The molecule has 94 valence electrons. The number of fused-ring (bicyclic) bond motifs is 1. The summed E-state index contributed by atoms with van der Waals surface area (Å²) in [5.41, 5.74) is 0.0775. The molecule has 0 bridgehead atoms. The maximum atomic E-state index is 11.8. The number of nitrogens with zero attached hydrogens (tertiary/aromatic N) is 1. The fraction of sp³-hybridized carbons (Fsp3) is 0.600. The Balaban J connectivity index is 2.26. The second kappa shape index (κ2) is 4.55. The van der Waals surface area contributed by atoms with Gasteiger partial charge < -0.3 is 10.2 Å². The van der Waals surface area contributed by atoms with Gasteiger partial charge in [-0.2, -0.15) is 0 Å². The Morgan fingerprint density at radius 3 is 2.76 bits per heavy atom. The first-order valence-corrected chi connectivity index (χ1v) is 7.13. The molecule has 2 aliphatic heterocycles. The van der Waals surface area contributed by atoms with Crippen LogP contribution in [0.4, 0.5) is 0 Å².